The van der Waals surface area contributed by atoms with Gasteiger partial charge in [0.05, 0.1) is 5.84 Å². The van der Waals surface area contributed by atoms with Gasteiger partial charge >= 0.3 is 0 Å². The van der Waals surface area contributed by atoms with Crippen LogP contribution in [0, 0.1) is 0 Å². The minimum atomic E-state index is 0.267. The Morgan fingerprint density at radius 2 is 2.21 bits per heavy atom. The predicted octanol–water partition coefficient (Wildman–Crippen LogP) is 2.07. The molecule has 3 nitrogen and oxygen atoms in total. The zero-order chi connectivity index (χ0) is 10.6. The Balaban J connectivity index is 2.63. The van der Waals surface area contributed by atoms with Crippen molar-refractivity contribution in [1.29, 1.82) is 0 Å². The van der Waals surface area contributed by atoms with E-state index in [-0.39, 0.29) is 5.75 Å². The maximum Gasteiger partial charge on any atom is 0.116 e. The van der Waals surface area contributed by atoms with Gasteiger partial charge < -0.3 is 10.8 Å². The van der Waals surface area contributed by atoms with Crippen molar-refractivity contribution in [3.05, 3.63) is 28.2 Å². The van der Waals surface area contributed by atoms with E-state index < -0.39 is 0 Å². The lowest BCUT2D eigenvalue weighted by Gasteiger charge is -2.01. The molecule has 4 heteroatoms. The number of benzene rings is 1. The predicted molar refractivity (Wildman–Crippen MR) is 61.7 cm³/mol. The Morgan fingerprint density at radius 3 is 2.79 bits per heavy atom. The molecule has 14 heavy (non-hydrogen) atoms. The van der Waals surface area contributed by atoms with Crippen molar-refractivity contribution in [2.75, 3.05) is 6.54 Å². The summed E-state index contributed by atoms with van der Waals surface area (Å²) in [7, 11) is 0. The molecule has 0 radical (unpaired) electrons. The molecule has 0 bridgehead atoms. The van der Waals surface area contributed by atoms with Gasteiger partial charge in [0.2, 0.25) is 0 Å². The number of nitrogens with zero attached hydrogens (tertiary/aromatic N) is 1. The molecule has 0 atom stereocenters. The van der Waals surface area contributed by atoms with Gasteiger partial charge in [-0.05, 0) is 37.1 Å². The number of phenolic OH excluding ortho intramolecular Hbond substituents is 1. The fourth-order valence-corrected chi connectivity index (χ4v) is 1.67. The molecule has 0 spiro atoms. The molecule has 0 amide bonds. The first kappa shape index (κ1) is 11.0. The zero-order valence-electron chi connectivity index (χ0n) is 8.00. The van der Waals surface area contributed by atoms with Gasteiger partial charge in [0.1, 0.15) is 5.75 Å². The molecule has 1 aromatic carbocycles. The smallest absolute Gasteiger partial charge is 0.116 e. The molecular weight excluding hydrogens is 240 g/mol. The maximum absolute atomic E-state index is 9.31. The van der Waals surface area contributed by atoms with Gasteiger partial charge in [-0.1, -0.05) is 15.9 Å². The van der Waals surface area contributed by atoms with Gasteiger partial charge in [-0.15, -0.1) is 0 Å². The average Bonchev–Trinajstić information content (AvgIpc) is 2.01. The first-order valence-corrected chi connectivity index (χ1v) is 5.12. The highest BCUT2D eigenvalue weighted by atomic mass is 75.9. The quantitative estimate of drug-likeness (QED) is 0.640. The molecule has 0 aliphatic carbocycles. The fourth-order valence-electron chi connectivity index (χ4n) is 1.14. The van der Waals surface area contributed by atoms with E-state index in [9.17, 15) is 5.11 Å². The van der Waals surface area contributed by atoms with Gasteiger partial charge in [0, 0.05) is 11.0 Å². The van der Waals surface area contributed by atoms with Crippen LogP contribution < -0.4 is 5.73 Å². The number of hydrogen-bond donors (Lipinski definition) is 2. The molecule has 0 saturated carbocycles. The van der Waals surface area contributed by atoms with Crippen LogP contribution in [0.4, 0.5) is 0 Å². The summed E-state index contributed by atoms with van der Waals surface area (Å²) in [5.41, 5.74) is 6.45. The first-order valence-electron chi connectivity index (χ1n) is 4.33. The summed E-state index contributed by atoms with van der Waals surface area (Å²) >= 11 is 3.31. The average molecular weight is 253 g/mol. The molecule has 0 aliphatic rings. The molecule has 3 N–H and O–H groups in total. The number of phenols is 1. The van der Waals surface area contributed by atoms with E-state index >= 15 is 0 Å². The summed E-state index contributed by atoms with van der Waals surface area (Å²) < 4.78 is 0.876. The van der Waals surface area contributed by atoms with Crippen LogP contribution >= 0.6 is 15.9 Å². The zero-order valence-corrected chi connectivity index (χ0v) is 9.58. The van der Waals surface area contributed by atoms with Crippen LogP contribution in [0.3, 0.4) is 0 Å². The molecular formula is C10H13BrN2O. The third-order valence-electron chi connectivity index (χ3n) is 1.70. The summed E-state index contributed by atoms with van der Waals surface area (Å²) in [5.74, 6) is 0.854. The summed E-state index contributed by atoms with van der Waals surface area (Å²) in [5, 5.41) is 9.31. The maximum atomic E-state index is 9.31. The van der Waals surface area contributed by atoms with Crippen LogP contribution in [-0.4, -0.2) is 17.5 Å². The number of hydrogen-bond acceptors (Lipinski definition) is 2. The molecule has 0 heterocycles. The van der Waals surface area contributed by atoms with Gasteiger partial charge in [-0.2, -0.15) is 0 Å². The Morgan fingerprint density at radius 1 is 1.50 bits per heavy atom. The molecule has 76 valence electrons. The topological polar surface area (TPSA) is 58.6 Å². The fraction of sp³-hybridized carbons (Fsp3) is 0.300. The third-order valence-corrected chi connectivity index (χ3v) is 2.16. The van der Waals surface area contributed by atoms with E-state index in [0.717, 1.165) is 16.5 Å². The molecule has 1 rings (SSSR count). The molecule has 0 unspecified atom stereocenters. The normalized spacial score (nSPS) is 11.7. The minimum Gasteiger partial charge on any atom is -0.508 e. The monoisotopic (exact) mass is 253 g/mol. The van der Waals surface area contributed by atoms with Crippen molar-refractivity contribution in [2.45, 2.75) is 13.3 Å². The van der Waals surface area contributed by atoms with Crippen molar-refractivity contribution in [2.24, 2.45) is 10.7 Å². The van der Waals surface area contributed by atoms with Gasteiger partial charge in [0.15, 0.2) is 0 Å². The highest BCUT2D eigenvalue weighted by Crippen LogP contribution is 2.20. The van der Waals surface area contributed by atoms with E-state index in [1.54, 1.807) is 19.1 Å². The van der Waals surface area contributed by atoms with Crippen LogP contribution in [0.2, 0.25) is 0 Å². The van der Waals surface area contributed by atoms with Crippen LogP contribution in [0.25, 0.3) is 0 Å². The van der Waals surface area contributed by atoms with Crippen molar-refractivity contribution < 1.29 is 5.11 Å². The molecule has 0 aromatic heterocycles. The number of halogens is 1. The van der Waals surface area contributed by atoms with Crippen LogP contribution in [0.1, 0.15) is 12.5 Å². The van der Waals surface area contributed by atoms with E-state index in [1.165, 1.54) is 0 Å². The van der Waals surface area contributed by atoms with E-state index in [4.69, 9.17) is 5.73 Å². The number of amidine groups is 1. The largest absolute Gasteiger partial charge is 0.508 e. The standard InChI is InChI=1S/C10H13BrN2O/c1-7(12)13-3-2-8-4-9(11)6-10(14)5-8/h4-6,14H,2-3H2,1H3,(H2,12,13)/i11-4. The SMILES string of the molecule is CC(N)=NCCc1cc(O)cc([76Br])c1. The van der Waals surface area contributed by atoms with Crippen molar-refractivity contribution in [3.63, 3.8) is 0 Å². The van der Waals surface area contributed by atoms with Crippen LogP contribution in [0.15, 0.2) is 27.7 Å². The van der Waals surface area contributed by atoms with Crippen molar-refractivity contribution in [1.82, 2.24) is 0 Å². The molecule has 0 saturated heterocycles. The van der Waals surface area contributed by atoms with E-state index in [1.807, 2.05) is 6.07 Å². The number of aliphatic imine (C=N–C) groups is 1. The Hall–Kier alpha value is -1.03. The second-order valence-electron chi connectivity index (χ2n) is 3.09. The lowest BCUT2D eigenvalue weighted by atomic mass is 10.1. The Labute approximate surface area is 91.8 Å². The summed E-state index contributed by atoms with van der Waals surface area (Å²) in [6.07, 6.45) is 0.779. The summed E-state index contributed by atoms with van der Waals surface area (Å²) in [6.45, 7) is 2.41. The Bertz CT molecular complexity index is 326. The molecule has 0 fully saturated rings. The third kappa shape index (κ3) is 3.79. The van der Waals surface area contributed by atoms with Gasteiger partial charge in [-0.25, -0.2) is 0 Å². The van der Waals surface area contributed by atoms with Crippen molar-refractivity contribution in [3.8, 4) is 5.75 Å². The van der Waals surface area contributed by atoms with Crippen molar-refractivity contribution >= 4 is 21.8 Å². The first-order chi connectivity index (χ1) is 6.58. The molecule has 0 aliphatic heterocycles. The van der Waals surface area contributed by atoms with E-state index in [2.05, 4.69) is 20.9 Å². The second kappa shape index (κ2) is 5.00. The van der Waals surface area contributed by atoms with Crippen LogP contribution in [0.5, 0.6) is 5.75 Å². The minimum absolute atomic E-state index is 0.267. The second-order valence-corrected chi connectivity index (χ2v) is 4.01. The number of aromatic hydroxyl groups is 1. The highest BCUT2D eigenvalue weighted by Gasteiger charge is 1.97. The van der Waals surface area contributed by atoms with Gasteiger partial charge in [0.25, 0.3) is 0 Å². The number of rotatable bonds is 3. The number of nitrogens with two attached hydrogens (primary N) is 1. The molecule has 1 aromatic rings. The van der Waals surface area contributed by atoms with Gasteiger partial charge in [-0.3, -0.25) is 4.99 Å². The highest BCUT2D eigenvalue weighted by molar-refractivity contribution is 9.10. The lowest BCUT2D eigenvalue weighted by molar-refractivity contribution is 0.474. The van der Waals surface area contributed by atoms with Crippen LogP contribution in [-0.2, 0) is 6.42 Å². The Kier molecular flexibility index (Phi) is 3.95. The summed E-state index contributed by atoms with van der Waals surface area (Å²) in [6, 6.07) is 5.34. The summed E-state index contributed by atoms with van der Waals surface area (Å²) in [4.78, 5) is 4.08. The lowest BCUT2D eigenvalue weighted by Crippen LogP contribution is -2.06. The van der Waals surface area contributed by atoms with E-state index in [0.29, 0.717) is 12.4 Å².